The molecule has 0 spiro atoms. The van der Waals surface area contributed by atoms with Gasteiger partial charge in [0.05, 0.1) is 0 Å². The minimum Gasteiger partial charge on any atom is -0.363 e. The first-order valence-corrected chi connectivity index (χ1v) is 4.98. The first kappa shape index (κ1) is 9.77. The van der Waals surface area contributed by atoms with Gasteiger partial charge in [-0.15, -0.1) is 0 Å². The number of anilines is 1. The Hall–Kier alpha value is -1.77. The fourth-order valence-corrected chi connectivity index (χ4v) is 1.36. The molecule has 78 valence electrons. The van der Waals surface area contributed by atoms with E-state index in [0.29, 0.717) is 0 Å². The minimum atomic E-state index is 0.771. The van der Waals surface area contributed by atoms with E-state index in [2.05, 4.69) is 22.6 Å². The summed E-state index contributed by atoms with van der Waals surface area (Å²) in [5.74, 6) is 1.70. The van der Waals surface area contributed by atoms with E-state index < -0.39 is 0 Å². The second-order valence-electron chi connectivity index (χ2n) is 3.55. The van der Waals surface area contributed by atoms with Crippen LogP contribution in [0.25, 0.3) is 0 Å². The van der Waals surface area contributed by atoms with Gasteiger partial charge in [0.2, 0.25) is 0 Å². The van der Waals surface area contributed by atoms with Gasteiger partial charge < -0.3 is 9.84 Å². The van der Waals surface area contributed by atoms with Crippen molar-refractivity contribution >= 4 is 5.82 Å². The molecule has 1 heterocycles. The average molecular weight is 202 g/mol. The molecule has 2 rings (SSSR count). The molecule has 0 aliphatic carbocycles. The van der Waals surface area contributed by atoms with Crippen molar-refractivity contribution in [1.82, 2.24) is 5.16 Å². The number of nitrogens with zero attached hydrogens (tertiary/aromatic N) is 1. The zero-order chi connectivity index (χ0) is 10.7. The molecule has 1 N–H and O–H groups in total. The summed E-state index contributed by atoms with van der Waals surface area (Å²) in [7, 11) is 0. The fraction of sp³-hybridized carbons (Fsp3) is 0.250. The summed E-state index contributed by atoms with van der Waals surface area (Å²) in [5, 5.41) is 7.19. The van der Waals surface area contributed by atoms with Crippen molar-refractivity contribution < 1.29 is 4.52 Å². The third kappa shape index (κ3) is 2.18. The molecule has 0 unspecified atom stereocenters. The monoisotopic (exact) mass is 202 g/mol. The lowest BCUT2D eigenvalue weighted by atomic mass is 10.2. The average Bonchev–Trinajstić information content (AvgIpc) is 2.59. The van der Waals surface area contributed by atoms with Gasteiger partial charge in [0, 0.05) is 12.1 Å². The fourth-order valence-electron chi connectivity index (χ4n) is 1.36. The van der Waals surface area contributed by atoms with Crippen LogP contribution in [0.5, 0.6) is 0 Å². The van der Waals surface area contributed by atoms with Crippen molar-refractivity contribution in [2.45, 2.75) is 20.4 Å². The number of aryl methyl sites for hydroxylation is 1. The van der Waals surface area contributed by atoms with Gasteiger partial charge in [0.1, 0.15) is 5.76 Å². The summed E-state index contributed by atoms with van der Waals surface area (Å²) in [4.78, 5) is 0. The van der Waals surface area contributed by atoms with E-state index >= 15 is 0 Å². The molecule has 1 aromatic heterocycles. The first-order valence-electron chi connectivity index (χ1n) is 4.98. The largest absolute Gasteiger partial charge is 0.363 e. The van der Waals surface area contributed by atoms with E-state index in [0.717, 1.165) is 23.7 Å². The molecular weight excluding hydrogens is 188 g/mol. The number of hydrogen-bond donors (Lipinski definition) is 1. The SMILES string of the molecule is Cc1onc(NCc2ccccc2)c1C. The van der Waals surface area contributed by atoms with Crippen LogP contribution in [-0.2, 0) is 6.54 Å². The lowest BCUT2D eigenvalue weighted by Gasteiger charge is -2.02. The number of aromatic nitrogens is 1. The zero-order valence-electron chi connectivity index (χ0n) is 8.95. The summed E-state index contributed by atoms with van der Waals surface area (Å²) in [6, 6.07) is 10.2. The molecule has 3 heteroatoms. The topological polar surface area (TPSA) is 38.1 Å². The second-order valence-corrected chi connectivity index (χ2v) is 3.55. The number of benzene rings is 1. The Morgan fingerprint density at radius 3 is 2.53 bits per heavy atom. The lowest BCUT2D eigenvalue weighted by molar-refractivity contribution is 0.398. The summed E-state index contributed by atoms with van der Waals surface area (Å²) in [6.07, 6.45) is 0. The van der Waals surface area contributed by atoms with Crippen molar-refractivity contribution in [2.24, 2.45) is 0 Å². The maximum absolute atomic E-state index is 5.07. The van der Waals surface area contributed by atoms with Gasteiger partial charge in [0.25, 0.3) is 0 Å². The molecule has 2 aromatic rings. The van der Waals surface area contributed by atoms with Crippen LogP contribution in [-0.4, -0.2) is 5.16 Å². The Morgan fingerprint density at radius 1 is 1.20 bits per heavy atom. The van der Waals surface area contributed by atoms with Gasteiger partial charge in [0.15, 0.2) is 5.82 Å². The van der Waals surface area contributed by atoms with Gasteiger partial charge in [-0.2, -0.15) is 0 Å². The highest BCUT2D eigenvalue weighted by Crippen LogP contribution is 2.17. The third-order valence-electron chi connectivity index (χ3n) is 2.46. The van der Waals surface area contributed by atoms with Crippen molar-refractivity contribution in [3.05, 3.63) is 47.2 Å². The standard InChI is InChI=1S/C12H14N2O/c1-9-10(2)15-14-12(9)13-8-11-6-4-3-5-7-11/h3-7H,8H2,1-2H3,(H,13,14). The molecule has 0 radical (unpaired) electrons. The normalized spacial score (nSPS) is 10.3. The molecule has 0 aliphatic heterocycles. The van der Waals surface area contributed by atoms with E-state index in [1.165, 1.54) is 5.56 Å². The predicted octanol–water partition coefficient (Wildman–Crippen LogP) is 2.90. The lowest BCUT2D eigenvalue weighted by Crippen LogP contribution is -2.00. The predicted molar refractivity (Wildman–Crippen MR) is 59.7 cm³/mol. The van der Waals surface area contributed by atoms with Crippen molar-refractivity contribution in [2.75, 3.05) is 5.32 Å². The van der Waals surface area contributed by atoms with Crippen LogP contribution in [0.4, 0.5) is 5.82 Å². The zero-order valence-corrected chi connectivity index (χ0v) is 8.95. The van der Waals surface area contributed by atoms with E-state index in [-0.39, 0.29) is 0 Å². The molecule has 0 atom stereocenters. The Balaban J connectivity index is 2.02. The van der Waals surface area contributed by atoms with Gasteiger partial charge >= 0.3 is 0 Å². The molecule has 15 heavy (non-hydrogen) atoms. The number of hydrogen-bond acceptors (Lipinski definition) is 3. The van der Waals surface area contributed by atoms with Crippen LogP contribution in [0.15, 0.2) is 34.9 Å². The molecule has 0 amide bonds. The van der Waals surface area contributed by atoms with E-state index in [1.807, 2.05) is 32.0 Å². The number of rotatable bonds is 3. The molecule has 3 nitrogen and oxygen atoms in total. The molecular formula is C12H14N2O. The van der Waals surface area contributed by atoms with Crippen LogP contribution in [0, 0.1) is 13.8 Å². The van der Waals surface area contributed by atoms with Crippen molar-refractivity contribution in [1.29, 1.82) is 0 Å². The summed E-state index contributed by atoms with van der Waals surface area (Å²) in [6.45, 7) is 4.68. The Kier molecular flexibility index (Phi) is 2.72. The van der Waals surface area contributed by atoms with Gasteiger partial charge in [-0.3, -0.25) is 0 Å². The van der Waals surface area contributed by atoms with E-state index in [1.54, 1.807) is 0 Å². The van der Waals surface area contributed by atoms with Crippen molar-refractivity contribution in [3.63, 3.8) is 0 Å². The maximum atomic E-state index is 5.07. The molecule has 0 saturated carbocycles. The Labute approximate surface area is 89.1 Å². The smallest absolute Gasteiger partial charge is 0.172 e. The highest BCUT2D eigenvalue weighted by atomic mass is 16.5. The first-order chi connectivity index (χ1) is 7.27. The maximum Gasteiger partial charge on any atom is 0.172 e. The molecule has 0 bridgehead atoms. The van der Waals surface area contributed by atoms with Crippen LogP contribution < -0.4 is 5.32 Å². The quantitative estimate of drug-likeness (QED) is 0.831. The Morgan fingerprint density at radius 2 is 1.93 bits per heavy atom. The van der Waals surface area contributed by atoms with Gasteiger partial charge in [-0.05, 0) is 19.4 Å². The summed E-state index contributed by atoms with van der Waals surface area (Å²) >= 11 is 0. The molecule has 0 fully saturated rings. The van der Waals surface area contributed by atoms with Crippen LogP contribution in [0.3, 0.4) is 0 Å². The highest BCUT2D eigenvalue weighted by Gasteiger charge is 2.06. The molecule has 0 saturated heterocycles. The summed E-state index contributed by atoms with van der Waals surface area (Å²) < 4.78 is 5.07. The van der Waals surface area contributed by atoms with E-state index in [9.17, 15) is 0 Å². The highest BCUT2D eigenvalue weighted by molar-refractivity contribution is 5.44. The molecule has 0 aliphatic rings. The van der Waals surface area contributed by atoms with Crippen LogP contribution >= 0.6 is 0 Å². The summed E-state index contributed by atoms with van der Waals surface area (Å²) in [5.41, 5.74) is 2.31. The van der Waals surface area contributed by atoms with Gasteiger partial charge in [-0.25, -0.2) is 0 Å². The number of nitrogens with one attached hydrogen (secondary N) is 1. The van der Waals surface area contributed by atoms with Gasteiger partial charge in [-0.1, -0.05) is 35.5 Å². The Bertz CT molecular complexity index is 434. The van der Waals surface area contributed by atoms with Crippen molar-refractivity contribution in [3.8, 4) is 0 Å². The third-order valence-corrected chi connectivity index (χ3v) is 2.46. The van der Waals surface area contributed by atoms with Crippen LogP contribution in [0.1, 0.15) is 16.9 Å². The second kappa shape index (κ2) is 4.17. The minimum absolute atomic E-state index is 0.771. The van der Waals surface area contributed by atoms with E-state index in [4.69, 9.17) is 4.52 Å². The molecule has 1 aromatic carbocycles. The van der Waals surface area contributed by atoms with Crippen LogP contribution in [0.2, 0.25) is 0 Å².